The lowest BCUT2D eigenvalue weighted by atomic mass is 10.1. The van der Waals surface area contributed by atoms with Crippen LogP contribution < -0.4 is 5.32 Å². The minimum atomic E-state index is -2.88. The van der Waals surface area contributed by atoms with E-state index in [1.165, 1.54) is 6.26 Å². The van der Waals surface area contributed by atoms with Gasteiger partial charge in [0.2, 0.25) is 0 Å². The summed E-state index contributed by atoms with van der Waals surface area (Å²) < 4.78 is 22.6. The first-order valence-corrected chi connectivity index (χ1v) is 8.57. The van der Waals surface area contributed by atoms with E-state index in [1.807, 2.05) is 6.08 Å². The van der Waals surface area contributed by atoms with Gasteiger partial charge >= 0.3 is 0 Å². The molecule has 102 valence electrons. The number of hydrogen-bond donors (Lipinski definition) is 1. The van der Waals surface area contributed by atoms with E-state index in [2.05, 4.69) is 18.8 Å². The number of nitrogens with one attached hydrogen (secondary N) is 1. The third-order valence-corrected chi connectivity index (χ3v) is 3.66. The van der Waals surface area contributed by atoms with Gasteiger partial charge in [0.05, 0.1) is 5.75 Å². The molecule has 3 nitrogen and oxygen atoms in total. The molecule has 0 saturated heterocycles. The molecule has 0 aliphatic carbocycles. The van der Waals surface area contributed by atoms with E-state index < -0.39 is 9.84 Å². The molecule has 1 atom stereocenters. The maximum atomic E-state index is 11.3. The van der Waals surface area contributed by atoms with Gasteiger partial charge in [-0.15, -0.1) is 6.58 Å². The van der Waals surface area contributed by atoms with Crippen molar-refractivity contribution in [2.75, 3.05) is 18.6 Å². The average Bonchev–Trinajstić information content (AvgIpc) is 2.23. The highest BCUT2D eigenvalue weighted by Gasteiger charge is 2.13. The summed E-state index contributed by atoms with van der Waals surface area (Å²) in [5.41, 5.74) is 0. The first kappa shape index (κ1) is 16.6. The lowest BCUT2D eigenvalue weighted by Crippen LogP contribution is -2.35. The molecule has 0 amide bonds. The Hall–Kier alpha value is -0.350. The fraction of sp³-hybridized carbons (Fsp3) is 0.846. The molecular formula is C13H27NO2S. The molecule has 0 bridgehead atoms. The van der Waals surface area contributed by atoms with Crippen LogP contribution in [0, 0.1) is 0 Å². The highest BCUT2D eigenvalue weighted by atomic mass is 32.2. The van der Waals surface area contributed by atoms with Gasteiger partial charge < -0.3 is 5.32 Å². The second-order valence-electron chi connectivity index (χ2n) is 4.67. The molecule has 0 aliphatic heterocycles. The average molecular weight is 261 g/mol. The summed E-state index contributed by atoms with van der Waals surface area (Å²) in [6, 6.07) is 0.119. The number of allylic oxidation sites excluding steroid dienone is 1. The Morgan fingerprint density at radius 2 is 2.00 bits per heavy atom. The van der Waals surface area contributed by atoms with Crippen LogP contribution in [0.25, 0.3) is 0 Å². The molecule has 0 saturated carbocycles. The van der Waals surface area contributed by atoms with Crippen LogP contribution in [0.4, 0.5) is 0 Å². The molecule has 0 heterocycles. The predicted octanol–water partition coefficient (Wildman–Crippen LogP) is 2.54. The molecule has 0 fully saturated rings. The Labute approximate surface area is 107 Å². The van der Waals surface area contributed by atoms with Crippen molar-refractivity contribution in [3.63, 3.8) is 0 Å². The molecular weight excluding hydrogens is 234 g/mol. The Morgan fingerprint density at radius 1 is 1.29 bits per heavy atom. The van der Waals surface area contributed by atoms with Crippen molar-refractivity contribution in [1.29, 1.82) is 0 Å². The van der Waals surface area contributed by atoms with Crippen LogP contribution in [0.2, 0.25) is 0 Å². The summed E-state index contributed by atoms with van der Waals surface area (Å²) >= 11 is 0. The van der Waals surface area contributed by atoms with Crippen molar-refractivity contribution in [1.82, 2.24) is 5.32 Å². The quantitative estimate of drug-likeness (QED) is 0.459. The second-order valence-corrected chi connectivity index (χ2v) is 6.85. The Kier molecular flexibility index (Phi) is 9.46. The molecule has 0 rings (SSSR count). The van der Waals surface area contributed by atoms with Crippen molar-refractivity contribution in [3.05, 3.63) is 12.7 Å². The van der Waals surface area contributed by atoms with Gasteiger partial charge in [-0.25, -0.2) is 8.42 Å². The van der Waals surface area contributed by atoms with E-state index in [0.29, 0.717) is 0 Å². The fourth-order valence-electron chi connectivity index (χ4n) is 1.81. The molecule has 0 spiro atoms. The van der Waals surface area contributed by atoms with Crippen LogP contribution in [0.5, 0.6) is 0 Å². The smallest absolute Gasteiger partial charge is 0.148 e. The monoisotopic (exact) mass is 261 g/mol. The van der Waals surface area contributed by atoms with E-state index in [1.54, 1.807) is 0 Å². The number of sulfone groups is 1. The SMILES string of the molecule is C=CCCCCCC(CS(C)(=O)=O)NCCC. The first-order chi connectivity index (χ1) is 7.99. The molecule has 17 heavy (non-hydrogen) atoms. The maximum Gasteiger partial charge on any atom is 0.148 e. The topological polar surface area (TPSA) is 46.2 Å². The molecule has 4 heteroatoms. The molecule has 0 aromatic heterocycles. The van der Waals surface area contributed by atoms with Gasteiger partial charge in [-0.2, -0.15) is 0 Å². The van der Waals surface area contributed by atoms with Crippen molar-refractivity contribution in [2.45, 2.75) is 51.5 Å². The van der Waals surface area contributed by atoms with Crippen molar-refractivity contribution >= 4 is 9.84 Å². The Balaban J connectivity index is 3.88. The van der Waals surface area contributed by atoms with Crippen LogP contribution in [0.3, 0.4) is 0 Å². The summed E-state index contributed by atoms with van der Waals surface area (Å²) in [7, 11) is -2.88. The van der Waals surface area contributed by atoms with Crippen LogP contribution in [-0.2, 0) is 9.84 Å². The minimum Gasteiger partial charge on any atom is -0.313 e. The Morgan fingerprint density at radius 3 is 2.53 bits per heavy atom. The lowest BCUT2D eigenvalue weighted by molar-refractivity contribution is 0.481. The van der Waals surface area contributed by atoms with Gasteiger partial charge in [0.1, 0.15) is 9.84 Å². The first-order valence-electron chi connectivity index (χ1n) is 6.51. The van der Waals surface area contributed by atoms with Crippen LogP contribution in [-0.4, -0.2) is 33.0 Å². The number of unbranched alkanes of at least 4 members (excludes halogenated alkanes) is 3. The van der Waals surface area contributed by atoms with Gasteiger partial charge in [-0.05, 0) is 32.2 Å². The largest absolute Gasteiger partial charge is 0.313 e. The number of hydrogen-bond acceptors (Lipinski definition) is 3. The molecule has 0 aliphatic rings. The minimum absolute atomic E-state index is 0.119. The fourth-order valence-corrected chi connectivity index (χ4v) is 2.83. The van der Waals surface area contributed by atoms with Gasteiger partial charge in [0, 0.05) is 12.3 Å². The highest BCUT2D eigenvalue weighted by molar-refractivity contribution is 7.90. The summed E-state index contributed by atoms with van der Waals surface area (Å²) in [5, 5.41) is 3.32. The maximum absolute atomic E-state index is 11.3. The zero-order valence-electron chi connectivity index (χ0n) is 11.2. The van der Waals surface area contributed by atoms with Crippen LogP contribution >= 0.6 is 0 Å². The summed E-state index contributed by atoms with van der Waals surface area (Å²) in [6.45, 7) is 6.68. The normalized spacial score (nSPS) is 13.5. The predicted molar refractivity (Wildman–Crippen MR) is 75.1 cm³/mol. The zero-order valence-corrected chi connectivity index (χ0v) is 12.1. The molecule has 0 aromatic carbocycles. The van der Waals surface area contributed by atoms with Gasteiger partial charge in [-0.1, -0.05) is 25.8 Å². The van der Waals surface area contributed by atoms with E-state index in [-0.39, 0.29) is 11.8 Å². The summed E-state index contributed by atoms with van der Waals surface area (Å²) in [4.78, 5) is 0. The van der Waals surface area contributed by atoms with Crippen LogP contribution in [0.1, 0.15) is 45.4 Å². The Bertz CT molecular complexity index is 286. The standard InChI is InChI=1S/C13H27NO2S/c1-4-6-7-8-9-10-13(14-11-5-2)12-17(3,15)16/h4,13-14H,1,5-12H2,2-3H3. The van der Waals surface area contributed by atoms with Gasteiger partial charge in [0.25, 0.3) is 0 Å². The third-order valence-electron chi connectivity index (χ3n) is 2.65. The third kappa shape index (κ3) is 11.9. The number of rotatable bonds is 11. The lowest BCUT2D eigenvalue weighted by Gasteiger charge is -2.17. The molecule has 1 unspecified atom stereocenters. The van der Waals surface area contributed by atoms with E-state index >= 15 is 0 Å². The van der Waals surface area contributed by atoms with Crippen molar-refractivity contribution in [2.24, 2.45) is 0 Å². The van der Waals surface area contributed by atoms with Crippen molar-refractivity contribution in [3.8, 4) is 0 Å². The summed E-state index contributed by atoms with van der Waals surface area (Å²) in [5.74, 6) is 0.258. The van der Waals surface area contributed by atoms with E-state index in [4.69, 9.17) is 0 Å². The molecule has 0 radical (unpaired) electrons. The highest BCUT2D eigenvalue weighted by Crippen LogP contribution is 2.08. The van der Waals surface area contributed by atoms with E-state index in [9.17, 15) is 8.42 Å². The second kappa shape index (κ2) is 9.66. The van der Waals surface area contributed by atoms with Gasteiger partial charge in [0.15, 0.2) is 0 Å². The summed E-state index contributed by atoms with van der Waals surface area (Å²) in [6.07, 6.45) is 9.68. The van der Waals surface area contributed by atoms with Crippen molar-refractivity contribution < 1.29 is 8.42 Å². The molecule has 1 N–H and O–H groups in total. The van der Waals surface area contributed by atoms with E-state index in [0.717, 1.165) is 45.1 Å². The van der Waals surface area contributed by atoms with Gasteiger partial charge in [-0.3, -0.25) is 0 Å². The van der Waals surface area contributed by atoms with Crippen LogP contribution in [0.15, 0.2) is 12.7 Å². The molecule has 0 aromatic rings. The zero-order chi connectivity index (χ0) is 13.1.